The fourth-order valence-corrected chi connectivity index (χ4v) is 7.37. The van der Waals surface area contributed by atoms with Gasteiger partial charge in [0.2, 0.25) is 14.5 Å². The number of hydrogen-bond donors (Lipinski definition) is 6. The molecule has 266 valence electrons. The lowest BCUT2D eigenvalue weighted by Gasteiger charge is -2.16. The number of alkyl halides is 2. The van der Waals surface area contributed by atoms with Gasteiger partial charge < -0.3 is 39.4 Å². The van der Waals surface area contributed by atoms with Crippen molar-refractivity contribution in [2.24, 2.45) is 0 Å². The van der Waals surface area contributed by atoms with Crippen LogP contribution in [0.15, 0.2) is 37.5 Å². The first-order valence-corrected chi connectivity index (χ1v) is 20.0. The van der Waals surface area contributed by atoms with Crippen molar-refractivity contribution in [3.8, 4) is 0 Å². The summed E-state index contributed by atoms with van der Waals surface area (Å²) in [4.78, 5) is 25.6. The van der Waals surface area contributed by atoms with Crippen molar-refractivity contribution >= 4 is 72.9 Å². The number of hydrogen-bond acceptors (Lipinski definition) is 16. The van der Waals surface area contributed by atoms with Crippen LogP contribution in [0.5, 0.6) is 0 Å². The normalized spacial score (nSPS) is 28.5. The average Bonchev–Trinajstić information content (AvgIpc) is 3.85. The number of ether oxygens (including phenoxy) is 2. The van der Waals surface area contributed by atoms with Gasteiger partial charge in [0.1, 0.15) is 37.1 Å². The summed E-state index contributed by atoms with van der Waals surface area (Å²) in [7, 11) is -5.57. The highest BCUT2D eigenvalue weighted by atomic mass is 32.7. The minimum atomic E-state index is -2.79. The van der Waals surface area contributed by atoms with Crippen LogP contribution in [-0.4, -0.2) is 112 Å². The number of thiol groups is 2. The molecule has 24 heteroatoms. The summed E-state index contributed by atoms with van der Waals surface area (Å²) in [6, 6.07) is 0. The van der Waals surface area contributed by atoms with Gasteiger partial charge in [0.05, 0.1) is 25.9 Å². The van der Waals surface area contributed by atoms with Crippen LogP contribution in [0, 0.1) is 0 Å². The topological polar surface area (TPSA) is 223 Å². The van der Waals surface area contributed by atoms with Gasteiger partial charge in [-0.1, -0.05) is 36.6 Å². The molecule has 6 rings (SSSR count). The third-order valence-electron chi connectivity index (χ3n) is 7.79. The first-order chi connectivity index (χ1) is 23.7. The highest BCUT2D eigenvalue weighted by Crippen LogP contribution is 2.42. The molecule has 0 bridgehead atoms. The van der Waals surface area contributed by atoms with E-state index in [-0.39, 0.29) is 11.3 Å². The predicted molar refractivity (Wildman–Crippen MR) is 179 cm³/mol. The summed E-state index contributed by atoms with van der Waals surface area (Å²) in [5.74, 6) is 0.815. The van der Waals surface area contributed by atoms with E-state index in [1.807, 2.05) is 12.2 Å². The summed E-state index contributed by atoms with van der Waals surface area (Å²) >= 11 is 7.43. The van der Waals surface area contributed by atoms with Crippen molar-refractivity contribution in [2.45, 2.75) is 55.6 Å². The maximum Gasteiger partial charge on any atom is 0.243 e. The molecule has 0 saturated carbocycles. The Bertz CT molecular complexity index is 1840. The molecule has 2 saturated heterocycles. The summed E-state index contributed by atoms with van der Waals surface area (Å²) in [5, 5.41) is 25.5. The minimum Gasteiger partial charge on any atom is -0.394 e. The molecule has 0 amide bonds. The third kappa shape index (κ3) is 7.63. The van der Waals surface area contributed by atoms with E-state index in [1.165, 1.54) is 34.4 Å². The Hall–Kier alpha value is -2.78. The highest BCUT2D eigenvalue weighted by molar-refractivity contribution is 8.39. The van der Waals surface area contributed by atoms with Gasteiger partial charge in [-0.05, 0) is 6.42 Å². The Labute approximate surface area is 288 Å². The number of nitrogens with zero attached hydrogens (tertiary/aromatic N) is 8. The van der Waals surface area contributed by atoms with E-state index in [1.54, 1.807) is 0 Å². The van der Waals surface area contributed by atoms with Crippen LogP contribution in [0.4, 0.5) is 20.4 Å². The molecule has 0 aliphatic carbocycles. The van der Waals surface area contributed by atoms with Crippen molar-refractivity contribution in [2.75, 3.05) is 36.9 Å². The van der Waals surface area contributed by atoms with Gasteiger partial charge >= 0.3 is 0 Å². The standard InChI is InChI=1S/C25H32F2N10O8P2S2/c26-14-18(44-46(40)48)12(6-38)42-24(14)36-10-34-16-20(30-8-32-22(16)36)28-4-2-1-3-5-29-21-17-23(33-9-31-21)37(11-35-17)25-15(27)19(45-47(41)49)13(7-39)43-25/h1-2,8-15,18-19,24-25,38-39,46-47H,3-7H2,(H,40,48)(H,41,49)(H,28,30,32)(H,29,31,33)/b2-1+/t12-,13-,14-,15-,18?,19-,24-,25?/m1/s1. The van der Waals surface area contributed by atoms with Gasteiger partial charge in [0, 0.05) is 13.1 Å². The number of imidazole rings is 2. The SMILES string of the molecule is O=[PH](S)OC1[C@@H](F)[C@H](n2cnc3c(NC/C=C/CCNc4ncnc5c4ncn5C4O[C@H](CO)[C@@H](O[PH](=O)S)[C@H]4F)ncnc32)O[C@@H]1CO. The zero-order chi connectivity index (χ0) is 34.7. The largest absolute Gasteiger partial charge is 0.394 e. The summed E-state index contributed by atoms with van der Waals surface area (Å²) in [6.07, 6.45) is -0.955. The maximum absolute atomic E-state index is 15.2. The van der Waals surface area contributed by atoms with Crippen molar-refractivity contribution in [3.05, 3.63) is 37.5 Å². The van der Waals surface area contributed by atoms with Crippen LogP contribution in [0.3, 0.4) is 0 Å². The average molecular weight is 765 g/mol. The lowest BCUT2D eigenvalue weighted by atomic mass is 10.1. The summed E-state index contributed by atoms with van der Waals surface area (Å²) in [6.45, 7) is -0.245. The summed E-state index contributed by atoms with van der Waals surface area (Å²) < 4.78 is 77.6. The van der Waals surface area contributed by atoms with Crippen LogP contribution in [0.1, 0.15) is 18.9 Å². The fraction of sp³-hybridized carbons (Fsp3) is 0.520. The van der Waals surface area contributed by atoms with E-state index < -0.39 is 76.9 Å². The second-order valence-electron chi connectivity index (χ2n) is 10.7. The maximum atomic E-state index is 15.2. The molecule has 49 heavy (non-hydrogen) atoms. The van der Waals surface area contributed by atoms with Gasteiger partial charge in [0.15, 0.2) is 58.8 Å². The smallest absolute Gasteiger partial charge is 0.243 e. The monoisotopic (exact) mass is 764 g/mol. The van der Waals surface area contributed by atoms with E-state index in [9.17, 15) is 19.3 Å². The minimum absolute atomic E-state index is 0.283. The van der Waals surface area contributed by atoms with Crippen LogP contribution in [0.25, 0.3) is 22.3 Å². The van der Waals surface area contributed by atoms with E-state index in [0.29, 0.717) is 42.2 Å². The number of fused-ring (bicyclic) bond motifs is 2. The Morgan fingerprint density at radius 1 is 0.796 bits per heavy atom. The van der Waals surface area contributed by atoms with E-state index in [4.69, 9.17) is 18.5 Å². The molecule has 0 aromatic carbocycles. The zero-order valence-corrected chi connectivity index (χ0v) is 29.0. The third-order valence-corrected chi connectivity index (χ3v) is 9.37. The molecular weight excluding hydrogens is 732 g/mol. The Kier molecular flexibility index (Phi) is 11.8. The second kappa shape index (κ2) is 16.1. The van der Waals surface area contributed by atoms with Crippen LogP contribution in [0.2, 0.25) is 0 Å². The molecule has 2 aliphatic heterocycles. The molecule has 0 radical (unpaired) electrons. The lowest BCUT2D eigenvalue weighted by molar-refractivity contribution is -0.0427. The number of aromatic nitrogens is 8. The number of halogens is 2. The molecule has 0 spiro atoms. The molecule has 4 unspecified atom stereocenters. The van der Waals surface area contributed by atoms with E-state index in [0.717, 1.165) is 0 Å². The lowest BCUT2D eigenvalue weighted by Crippen LogP contribution is -2.31. The predicted octanol–water partition coefficient (Wildman–Crippen LogP) is 2.30. The summed E-state index contributed by atoms with van der Waals surface area (Å²) in [5.41, 5.74) is 1.31. The molecule has 2 aliphatic rings. The number of aliphatic hydroxyl groups is 2. The molecular formula is C25H32F2N10O8P2S2. The van der Waals surface area contributed by atoms with Crippen LogP contribution in [-0.2, 0) is 27.7 Å². The Morgan fingerprint density at radius 3 is 1.76 bits per heavy atom. The molecule has 6 heterocycles. The van der Waals surface area contributed by atoms with Gasteiger partial charge in [-0.15, -0.1) is 0 Å². The van der Waals surface area contributed by atoms with Gasteiger partial charge in [-0.3, -0.25) is 18.3 Å². The number of rotatable bonds is 15. The molecule has 4 aromatic rings. The van der Waals surface area contributed by atoms with Gasteiger partial charge in [0.25, 0.3) is 0 Å². The molecule has 2 fully saturated rings. The Morgan fingerprint density at radius 2 is 1.29 bits per heavy atom. The van der Waals surface area contributed by atoms with Crippen molar-refractivity contribution in [1.29, 1.82) is 0 Å². The fourth-order valence-electron chi connectivity index (χ4n) is 5.61. The quantitative estimate of drug-likeness (QED) is 0.0442. The van der Waals surface area contributed by atoms with Crippen LogP contribution < -0.4 is 10.6 Å². The molecule has 4 aromatic heterocycles. The first-order valence-electron chi connectivity index (χ1n) is 14.8. The molecule has 4 N–H and O–H groups in total. The molecule has 18 nitrogen and oxygen atoms in total. The van der Waals surface area contributed by atoms with E-state index in [2.05, 4.69) is 65.0 Å². The van der Waals surface area contributed by atoms with Gasteiger partial charge in [-0.25, -0.2) is 38.7 Å². The Balaban J connectivity index is 1.03. The number of anilines is 2. The highest BCUT2D eigenvalue weighted by Gasteiger charge is 2.49. The number of nitrogens with one attached hydrogen (secondary N) is 2. The van der Waals surface area contributed by atoms with Crippen molar-refractivity contribution < 1.29 is 46.6 Å². The first kappa shape index (κ1) is 36.0. The van der Waals surface area contributed by atoms with E-state index >= 15 is 8.78 Å². The van der Waals surface area contributed by atoms with Crippen molar-refractivity contribution in [3.63, 3.8) is 0 Å². The van der Waals surface area contributed by atoms with Gasteiger partial charge in [-0.2, -0.15) is 0 Å². The number of aliphatic hydroxyl groups excluding tert-OH is 2. The second-order valence-corrected chi connectivity index (χ2v) is 14.5. The zero-order valence-electron chi connectivity index (χ0n) is 25.2. The van der Waals surface area contributed by atoms with Crippen LogP contribution >= 0.6 is 39.0 Å². The molecule has 10 atom stereocenters. The van der Waals surface area contributed by atoms with Crippen molar-refractivity contribution in [1.82, 2.24) is 39.0 Å².